The van der Waals surface area contributed by atoms with Gasteiger partial charge in [-0.25, -0.2) is 9.59 Å². The summed E-state index contributed by atoms with van der Waals surface area (Å²) in [4.78, 5) is 23.6. The molecule has 0 aromatic heterocycles. The van der Waals surface area contributed by atoms with E-state index >= 15 is 0 Å². The lowest BCUT2D eigenvalue weighted by Crippen LogP contribution is -2.52. The Kier molecular flexibility index (Phi) is 5.87. The molecule has 104 valence electrons. The Morgan fingerprint density at radius 2 is 2.00 bits per heavy atom. The first kappa shape index (κ1) is 14.7. The summed E-state index contributed by atoms with van der Waals surface area (Å²) in [5.41, 5.74) is 0. The van der Waals surface area contributed by atoms with Gasteiger partial charge in [0.05, 0.1) is 18.8 Å². The number of nitrogens with one attached hydrogen (secondary N) is 1. The zero-order chi connectivity index (χ0) is 13.5. The van der Waals surface area contributed by atoms with Gasteiger partial charge < -0.3 is 24.8 Å². The van der Waals surface area contributed by atoms with E-state index in [2.05, 4.69) is 5.32 Å². The summed E-state index contributed by atoms with van der Waals surface area (Å²) >= 11 is 0. The van der Waals surface area contributed by atoms with E-state index in [1.54, 1.807) is 4.90 Å². The summed E-state index contributed by atoms with van der Waals surface area (Å²) in [5.74, 6) is -1.02. The van der Waals surface area contributed by atoms with Crippen LogP contribution in [0, 0.1) is 0 Å². The maximum atomic E-state index is 11.8. The number of aliphatic carboxylic acids is 1. The van der Waals surface area contributed by atoms with Crippen LogP contribution in [0.3, 0.4) is 0 Å². The molecule has 1 fully saturated rings. The van der Waals surface area contributed by atoms with Crippen molar-refractivity contribution in [2.24, 2.45) is 0 Å². The molecule has 0 radical (unpaired) electrons. The molecule has 2 amide bonds. The first-order valence-electron chi connectivity index (χ1n) is 5.96. The molecule has 18 heavy (non-hydrogen) atoms. The summed E-state index contributed by atoms with van der Waals surface area (Å²) in [5, 5.41) is 11.0. The number of urea groups is 1. The van der Waals surface area contributed by atoms with Crippen LogP contribution in [0.5, 0.6) is 0 Å². The highest BCUT2D eigenvalue weighted by Crippen LogP contribution is 2.10. The third-order valence-corrected chi connectivity index (χ3v) is 2.45. The Bertz CT molecular complexity index is 287. The van der Waals surface area contributed by atoms with Crippen molar-refractivity contribution in [1.82, 2.24) is 10.2 Å². The largest absolute Gasteiger partial charge is 0.480 e. The Hall–Kier alpha value is -1.34. The number of rotatable bonds is 5. The van der Waals surface area contributed by atoms with Gasteiger partial charge in [0.25, 0.3) is 0 Å². The van der Waals surface area contributed by atoms with Crippen LogP contribution in [-0.4, -0.2) is 67.1 Å². The SMILES string of the molecule is CC1CN(C(=O)NCCOCC(=O)O)CC(C)O1. The number of hydrogen-bond acceptors (Lipinski definition) is 4. The van der Waals surface area contributed by atoms with Crippen LogP contribution in [0.2, 0.25) is 0 Å². The molecule has 1 aliphatic rings. The Morgan fingerprint density at radius 3 is 2.56 bits per heavy atom. The number of ether oxygens (including phenoxy) is 2. The van der Waals surface area contributed by atoms with Crippen molar-refractivity contribution in [3.8, 4) is 0 Å². The van der Waals surface area contributed by atoms with Crippen molar-refractivity contribution in [1.29, 1.82) is 0 Å². The highest BCUT2D eigenvalue weighted by atomic mass is 16.5. The molecule has 0 aromatic carbocycles. The van der Waals surface area contributed by atoms with E-state index in [1.165, 1.54) is 0 Å². The van der Waals surface area contributed by atoms with Gasteiger partial charge in [0, 0.05) is 19.6 Å². The monoisotopic (exact) mass is 260 g/mol. The van der Waals surface area contributed by atoms with E-state index in [0.29, 0.717) is 19.6 Å². The van der Waals surface area contributed by atoms with Gasteiger partial charge in [-0.3, -0.25) is 0 Å². The van der Waals surface area contributed by atoms with Gasteiger partial charge in [-0.2, -0.15) is 0 Å². The molecule has 0 aliphatic carbocycles. The van der Waals surface area contributed by atoms with E-state index in [0.717, 1.165) is 0 Å². The van der Waals surface area contributed by atoms with Crippen molar-refractivity contribution in [2.45, 2.75) is 26.1 Å². The van der Waals surface area contributed by atoms with Crippen LogP contribution >= 0.6 is 0 Å². The van der Waals surface area contributed by atoms with Crippen molar-refractivity contribution in [3.05, 3.63) is 0 Å². The minimum Gasteiger partial charge on any atom is -0.480 e. The van der Waals surface area contributed by atoms with Gasteiger partial charge in [-0.1, -0.05) is 0 Å². The fraction of sp³-hybridized carbons (Fsp3) is 0.818. The lowest BCUT2D eigenvalue weighted by molar-refractivity contribution is -0.142. The molecule has 1 aliphatic heterocycles. The second-order valence-electron chi connectivity index (χ2n) is 4.34. The fourth-order valence-corrected chi connectivity index (χ4v) is 1.85. The molecule has 7 nitrogen and oxygen atoms in total. The summed E-state index contributed by atoms with van der Waals surface area (Å²) < 4.78 is 10.3. The number of morpholine rings is 1. The maximum absolute atomic E-state index is 11.8. The maximum Gasteiger partial charge on any atom is 0.329 e. The molecule has 0 bridgehead atoms. The molecule has 2 N–H and O–H groups in total. The van der Waals surface area contributed by atoms with Crippen molar-refractivity contribution in [3.63, 3.8) is 0 Å². The Morgan fingerprint density at radius 1 is 1.39 bits per heavy atom. The number of amides is 2. The summed E-state index contributed by atoms with van der Waals surface area (Å²) in [6, 6.07) is -0.170. The lowest BCUT2D eigenvalue weighted by Gasteiger charge is -2.35. The third-order valence-electron chi connectivity index (χ3n) is 2.45. The van der Waals surface area contributed by atoms with E-state index in [4.69, 9.17) is 14.6 Å². The van der Waals surface area contributed by atoms with Gasteiger partial charge in [-0.05, 0) is 13.8 Å². The first-order valence-corrected chi connectivity index (χ1v) is 5.96. The predicted molar refractivity (Wildman–Crippen MR) is 63.4 cm³/mol. The number of carbonyl (C=O) groups excluding carboxylic acids is 1. The molecule has 2 atom stereocenters. The molecule has 1 heterocycles. The first-order chi connectivity index (χ1) is 8.49. The van der Waals surface area contributed by atoms with Crippen molar-refractivity contribution in [2.75, 3.05) is 32.8 Å². The van der Waals surface area contributed by atoms with Crippen LogP contribution in [0.4, 0.5) is 4.79 Å². The second kappa shape index (κ2) is 7.17. The minimum atomic E-state index is -1.02. The van der Waals surface area contributed by atoms with Crippen LogP contribution in [0.25, 0.3) is 0 Å². The van der Waals surface area contributed by atoms with Gasteiger partial charge in [0.15, 0.2) is 0 Å². The number of carboxylic acids is 1. The summed E-state index contributed by atoms with van der Waals surface area (Å²) in [6.07, 6.45) is 0.0607. The summed E-state index contributed by atoms with van der Waals surface area (Å²) in [6.45, 7) is 5.11. The molecular weight excluding hydrogens is 240 g/mol. The van der Waals surface area contributed by atoms with Crippen LogP contribution in [-0.2, 0) is 14.3 Å². The number of carboxylic acid groups (broad SMARTS) is 1. The van der Waals surface area contributed by atoms with Crippen LogP contribution in [0.15, 0.2) is 0 Å². The zero-order valence-corrected chi connectivity index (χ0v) is 10.7. The predicted octanol–water partition coefficient (Wildman–Crippen LogP) is -0.0936. The highest BCUT2D eigenvalue weighted by molar-refractivity contribution is 5.74. The average molecular weight is 260 g/mol. The molecule has 0 saturated carbocycles. The molecule has 7 heteroatoms. The smallest absolute Gasteiger partial charge is 0.329 e. The van der Waals surface area contributed by atoms with Gasteiger partial charge in [0.1, 0.15) is 6.61 Å². The van der Waals surface area contributed by atoms with E-state index in [9.17, 15) is 9.59 Å². The molecule has 2 unspecified atom stereocenters. The number of nitrogens with zero attached hydrogens (tertiary/aromatic N) is 1. The molecule has 0 spiro atoms. The molecule has 1 rings (SSSR count). The van der Waals surface area contributed by atoms with E-state index < -0.39 is 5.97 Å². The molecular formula is C11H20N2O5. The lowest BCUT2D eigenvalue weighted by atomic mass is 10.2. The standard InChI is InChI=1S/C11H20N2O5/c1-8-5-13(6-9(2)18-8)11(16)12-3-4-17-7-10(14)15/h8-9H,3-7H2,1-2H3,(H,12,16)(H,14,15). The molecule has 0 aromatic rings. The summed E-state index contributed by atoms with van der Waals surface area (Å²) in [7, 11) is 0. The van der Waals surface area contributed by atoms with Gasteiger partial charge in [-0.15, -0.1) is 0 Å². The molecule has 1 saturated heterocycles. The average Bonchev–Trinajstić information content (AvgIpc) is 2.26. The van der Waals surface area contributed by atoms with Gasteiger partial charge in [0.2, 0.25) is 0 Å². The van der Waals surface area contributed by atoms with E-state index in [-0.39, 0.29) is 31.5 Å². The van der Waals surface area contributed by atoms with Crippen molar-refractivity contribution < 1.29 is 24.2 Å². The van der Waals surface area contributed by atoms with Gasteiger partial charge >= 0.3 is 12.0 Å². The number of carbonyl (C=O) groups is 2. The van der Waals surface area contributed by atoms with Crippen LogP contribution < -0.4 is 5.32 Å². The normalized spacial score (nSPS) is 23.8. The van der Waals surface area contributed by atoms with Crippen LogP contribution in [0.1, 0.15) is 13.8 Å². The zero-order valence-electron chi connectivity index (χ0n) is 10.7. The Labute approximate surface area is 106 Å². The number of hydrogen-bond donors (Lipinski definition) is 2. The highest BCUT2D eigenvalue weighted by Gasteiger charge is 2.25. The quantitative estimate of drug-likeness (QED) is 0.674. The fourth-order valence-electron chi connectivity index (χ4n) is 1.85. The van der Waals surface area contributed by atoms with E-state index in [1.807, 2.05) is 13.8 Å². The Balaban J connectivity index is 2.18. The van der Waals surface area contributed by atoms with Crippen molar-refractivity contribution >= 4 is 12.0 Å². The second-order valence-corrected chi connectivity index (χ2v) is 4.34. The topological polar surface area (TPSA) is 88.1 Å². The minimum absolute atomic E-state index is 0.0303. The third kappa shape index (κ3) is 5.33.